The van der Waals surface area contributed by atoms with E-state index in [1.165, 1.54) is 38.6 Å². The van der Waals surface area contributed by atoms with Gasteiger partial charge in [-0.1, -0.05) is 19.3 Å². The Morgan fingerprint density at radius 1 is 1.33 bits per heavy atom. The van der Waals surface area contributed by atoms with Gasteiger partial charge in [0.25, 0.3) is 0 Å². The summed E-state index contributed by atoms with van der Waals surface area (Å²) in [6.07, 6.45) is 6.94. The van der Waals surface area contributed by atoms with Gasteiger partial charge in [0, 0.05) is 37.3 Å². The van der Waals surface area contributed by atoms with Crippen LogP contribution in [0.1, 0.15) is 52.9 Å². The second-order valence-electron chi connectivity index (χ2n) is 6.25. The first-order chi connectivity index (χ1) is 8.67. The van der Waals surface area contributed by atoms with Gasteiger partial charge in [0.1, 0.15) is 0 Å². The number of nitrogens with one attached hydrogen (secondary N) is 1. The largest absolute Gasteiger partial charge is 0.380 e. The van der Waals surface area contributed by atoms with E-state index in [1.807, 2.05) is 0 Å². The van der Waals surface area contributed by atoms with Gasteiger partial charge in [-0.15, -0.1) is 0 Å². The standard InChI is InChI=1S/C15H30N2O/c1-4-18-11-14(3)17-12-15(16-10-13(17)2)8-6-5-7-9-15/h13-14,16H,4-12H2,1-3H3. The molecule has 1 aliphatic carbocycles. The highest BCUT2D eigenvalue weighted by Gasteiger charge is 2.39. The van der Waals surface area contributed by atoms with Crippen LogP contribution in [0.5, 0.6) is 0 Å². The number of rotatable bonds is 4. The fraction of sp³-hybridized carbons (Fsp3) is 1.00. The van der Waals surface area contributed by atoms with Gasteiger partial charge in [-0.25, -0.2) is 0 Å². The highest BCUT2D eigenvalue weighted by atomic mass is 16.5. The van der Waals surface area contributed by atoms with E-state index in [1.54, 1.807) is 0 Å². The van der Waals surface area contributed by atoms with E-state index in [0.29, 0.717) is 17.6 Å². The van der Waals surface area contributed by atoms with Crippen LogP contribution in [0, 0.1) is 0 Å². The van der Waals surface area contributed by atoms with E-state index < -0.39 is 0 Å². The van der Waals surface area contributed by atoms with Gasteiger partial charge in [-0.2, -0.15) is 0 Å². The lowest BCUT2D eigenvalue weighted by Crippen LogP contribution is -2.66. The predicted molar refractivity (Wildman–Crippen MR) is 75.9 cm³/mol. The minimum absolute atomic E-state index is 0.408. The van der Waals surface area contributed by atoms with E-state index in [2.05, 4.69) is 31.0 Å². The van der Waals surface area contributed by atoms with Gasteiger partial charge < -0.3 is 10.1 Å². The van der Waals surface area contributed by atoms with Crippen LogP contribution in [0.3, 0.4) is 0 Å². The number of ether oxygens (including phenoxy) is 1. The van der Waals surface area contributed by atoms with Crippen LogP contribution in [0.2, 0.25) is 0 Å². The van der Waals surface area contributed by atoms with Gasteiger partial charge >= 0.3 is 0 Å². The molecule has 2 atom stereocenters. The first-order valence-corrected chi connectivity index (χ1v) is 7.75. The summed E-state index contributed by atoms with van der Waals surface area (Å²) in [4.78, 5) is 2.66. The maximum absolute atomic E-state index is 5.61. The summed E-state index contributed by atoms with van der Waals surface area (Å²) >= 11 is 0. The normalized spacial score (nSPS) is 30.5. The molecular weight excluding hydrogens is 224 g/mol. The van der Waals surface area contributed by atoms with Crippen LogP contribution < -0.4 is 5.32 Å². The Hall–Kier alpha value is -0.120. The molecule has 1 aliphatic heterocycles. The Labute approximate surface area is 112 Å². The Morgan fingerprint density at radius 2 is 2.06 bits per heavy atom. The van der Waals surface area contributed by atoms with Gasteiger partial charge in [0.2, 0.25) is 0 Å². The molecule has 0 amide bonds. The average molecular weight is 254 g/mol. The topological polar surface area (TPSA) is 24.5 Å². The van der Waals surface area contributed by atoms with Crippen LogP contribution in [-0.2, 0) is 4.74 Å². The van der Waals surface area contributed by atoms with Crippen molar-refractivity contribution in [3.05, 3.63) is 0 Å². The predicted octanol–water partition coefficient (Wildman–Crippen LogP) is 2.41. The van der Waals surface area contributed by atoms with Gasteiger partial charge in [0.05, 0.1) is 6.61 Å². The molecule has 2 unspecified atom stereocenters. The summed E-state index contributed by atoms with van der Waals surface area (Å²) in [5.74, 6) is 0. The minimum Gasteiger partial charge on any atom is -0.380 e. The summed E-state index contributed by atoms with van der Waals surface area (Å²) in [6.45, 7) is 10.8. The zero-order chi connectivity index (χ0) is 13.0. The summed E-state index contributed by atoms with van der Waals surface area (Å²) in [7, 11) is 0. The fourth-order valence-corrected chi connectivity index (χ4v) is 3.58. The summed E-state index contributed by atoms with van der Waals surface area (Å²) in [5, 5.41) is 3.84. The molecule has 1 spiro atoms. The summed E-state index contributed by atoms with van der Waals surface area (Å²) in [6, 6.07) is 1.17. The Morgan fingerprint density at radius 3 is 2.72 bits per heavy atom. The molecule has 3 heteroatoms. The highest BCUT2D eigenvalue weighted by Crippen LogP contribution is 2.32. The van der Waals surface area contributed by atoms with Crippen molar-refractivity contribution < 1.29 is 4.74 Å². The van der Waals surface area contributed by atoms with Crippen LogP contribution in [0.15, 0.2) is 0 Å². The van der Waals surface area contributed by atoms with E-state index in [9.17, 15) is 0 Å². The van der Waals surface area contributed by atoms with Crippen molar-refractivity contribution in [3.63, 3.8) is 0 Å². The molecule has 0 aromatic carbocycles. The molecule has 1 heterocycles. The number of nitrogens with zero attached hydrogens (tertiary/aromatic N) is 1. The number of hydrogen-bond donors (Lipinski definition) is 1. The molecule has 2 fully saturated rings. The van der Waals surface area contributed by atoms with Crippen molar-refractivity contribution in [2.24, 2.45) is 0 Å². The number of hydrogen-bond acceptors (Lipinski definition) is 3. The average Bonchev–Trinajstić information content (AvgIpc) is 2.40. The van der Waals surface area contributed by atoms with Crippen LogP contribution in [-0.4, -0.2) is 48.8 Å². The second-order valence-corrected chi connectivity index (χ2v) is 6.25. The molecule has 0 aromatic heterocycles. The Bertz CT molecular complexity index is 251. The van der Waals surface area contributed by atoms with Crippen LogP contribution in [0.4, 0.5) is 0 Å². The SMILES string of the molecule is CCOCC(C)N1CC2(CCCCC2)NCC1C. The summed E-state index contributed by atoms with van der Waals surface area (Å²) < 4.78 is 5.61. The molecule has 1 N–H and O–H groups in total. The third-order valence-corrected chi connectivity index (χ3v) is 4.76. The first kappa shape index (κ1) is 14.3. The monoisotopic (exact) mass is 254 g/mol. The third-order valence-electron chi connectivity index (χ3n) is 4.76. The molecule has 0 aromatic rings. The lowest BCUT2D eigenvalue weighted by Gasteiger charge is -2.50. The molecule has 2 rings (SSSR count). The van der Waals surface area contributed by atoms with Crippen LogP contribution >= 0.6 is 0 Å². The molecule has 0 bridgehead atoms. The molecule has 1 saturated carbocycles. The van der Waals surface area contributed by atoms with E-state index in [-0.39, 0.29) is 0 Å². The van der Waals surface area contributed by atoms with Gasteiger partial charge in [-0.05, 0) is 33.6 Å². The smallest absolute Gasteiger partial charge is 0.0619 e. The summed E-state index contributed by atoms with van der Waals surface area (Å²) in [5.41, 5.74) is 0.408. The molecular formula is C15H30N2O. The quantitative estimate of drug-likeness (QED) is 0.834. The molecule has 0 radical (unpaired) electrons. The zero-order valence-corrected chi connectivity index (χ0v) is 12.4. The van der Waals surface area contributed by atoms with Gasteiger partial charge in [-0.3, -0.25) is 4.90 Å². The Kier molecular flexibility index (Phi) is 5.05. The molecule has 2 aliphatic rings. The van der Waals surface area contributed by atoms with Crippen molar-refractivity contribution in [2.45, 2.75) is 70.5 Å². The highest BCUT2D eigenvalue weighted by molar-refractivity contribution is 4.99. The van der Waals surface area contributed by atoms with Crippen molar-refractivity contribution in [3.8, 4) is 0 Å². The maximum Gasteiger partial charge on any atom is 0.0619 e. The number of piperazine rings is 1. The van der Waals surface area contributed by atoms with Crippen molar-refractivity contribution in [1.29, 1.82) is 0 Å². The zero-order valence-electron chi connectivity index (χ0n) is 12.4. The first-order valence-electron chi connectivity index (χ1n) is 7.75. The fourth-order valence-electron chi connectivity index (χ4n) is 3.58. The lowest BCUT2D eigenvalue weighted by atomic mass is 9.79. The van der Waals surface area contributed by atoms with Crippen molar-refractivity contribution in [1.82, 2.24) is 10.2 Å². The van der Waals surface area contributed by atoms with E-state index >= 15 is 0 Å². The maximum atomic E-state index is 5.61. The van der Waals surface area contributed by atoms with Gasteiger partial charge in [0.15, 0.2) is 0 Å². The second kappa shape index (κ2) is 6.36. The molecule has 1 saturated heterocycles. The Balaban J connectivity index is 1.95. The third kappa shape index (κ3) is 3.25. The van der Waals surface area contributed by atoms with Crippen LogP contribution in [0.25, 0.3) is 0 Å². The van der Waals surface area contributed by atoms with Crippen molar-refractivity contribution >= 4 is 0 Å². The minimum atomic E-state index is 0.408. The molecule has 106 valence electrons. The lowest BCUT2D eigenvalue weighted by molar-refractivity contribution is 0.000914. The van der Waals surface area contributed by atoms with E-state index in [4.69, 9.17) is 4.74 Å². The van der Waals surface area contributed by atoms with Crippen molar-refractivity contribution in [2.75, 3.05) is 26.3 Å². The molecule has 3 nitrogen and oxygen atoms in total. The molecule has 18 heavy (non-hydrogen) atoms. The van der Waals surface area contributed by atoms with E-state index in [0.717, 1.165) is 19.8 Å².